The van der Waals surface area contributed by atoms with Gasteiger partial charge in [-0.25, -0.2) is 8.78 Å². The van der Waals surface area contributed by atoms with E-state index in [1.165, 1.54) is 6.26 Å². The molecule has 0 amide bonds. The molecule has 96 valence electrons. The first-order valence-corrected chi connectivity index (χ1v) is 5.81. The number of hydrogen-bond donors (Lipinski definition) is 1. The topological polar surface area (TPSA) is 33.4 Å². The molecule has 1 aromatic carbocycles. The second-order valence-corrected chi connectivity index (χ2v) is 4.25. The third kappa shape index (κ3) is 2.26. The molecule has 0 saturated heterocycles. The molecule has 1 aromatic heterocycles. The predicted octanol–water partition coefficient (Wildman–Crippen LogP) is 3.86. The second kappa shape index (κ2) is 5.08. The molecule has 2 aromatic rings. The zero-order chi connectivity index (χ0) is 13.3. The van der Waals surface area contributed by atoms with Crippen molar-refractivity contribution in [3.63, 3.8) is 0 Å². The Hall–Kier alpha value is -1.39. The van der Waals surface area contributed by atoms with Gasteiger partial charge in [0.25, 0.3) is 0 Å². The van der Waals surface area contributed by atoms with E-state index in [1.807, 2.05) is 6.92 Å². The van der Waals surface area contributed by atoms with Crippen LogP contribution in [0.15, 0.2) is 28.9 Å². The van der Waals surface area contributed by atoms with Gasteiger partial charge in [0.1, 0.15) is 11.9 Å². The molecule has 0 saturated carbocycles. The molecular weight excluding hydrogens is 262 g/mol. The zero-order valence-corrected chi connectivity index (χ0v) is 10.3. The number of aliphatic hydroxyl groups is 1. The molecule has 0 aliphatic rings. The van der Waals surface area contributed by atoms with Crippen molar-refractivity contribution in [2.75, 3.05) is 0 Å². The Morgan fingerprint density at radius 2 is 1.94 bits per heavy atom. The lowest BCUT2D eigenvalue weighted by atomic mass is 10.0. The van der Waals surface area contributed by atoms with Gasteiger partial charge in [-0.3, -0.25) is 0 Å². The highest BCUT2D eigenvalue weighted by atomic mass is 35.5. The Kier molecular flexibility index (Phi) is 3.68. The van der Waals surface area contributed by atoms with E-state index in [0.717, 1.165) is 12.1 Å². The lowest BCUT2D eigenvalue weighted by molar-refractivity contribution is 0.216. The summed E-state index contributed by atoms with van der Waals surface area (Å²) in [4.78, 5) is 0. The van der Waals surface area contributed by atoms with Crippen molar-refractivity contribution in [1.29, 1.82) is 0 Å². The van der Waals surface area contributed by atoms with Crippen LogP contribution in [-0.2, 0) is 6.42 Å². The molecule has 1 unspecified atom stereocenters. The van der Waals surface area contributed by atoms with E-state index >= 15 is 0 Å². The van der Waals surface area contributed by atoms with Gasteiger partial charge in [0.15, 0.2) is 11.6 Å². The Balaban J connectivity index is 2.46. The minimum absolute atomic E-state index is 0.0235. The highest BCUT2D eigenvalue weighted by molar-refractivity contribution is 6.31. The van der Waals surface area contributed by atoms with Crippen molar-refractivity contribution < 1.29 is 18.3 Å². The van der Waals surface area contributed by atoms with Gasteiger partial charge in [0, 0.05) is 22.6 Å². The summed E-state index contributed by atoms with van der Waals surface area (Å²) >= 11 is 5.81. The number of aryl methyl sites for hydroxylation is 1. The Morgan fingerprint density at radius 3 is 2.61 bits per heavy atom. The van der Waals surface area contributed by atoms with Gasteiger partial charge in [-0.1, -0.05) is 18.5 Å². The van der Waals surface area contributed by atoms with Crippen LogP contribution < -0.4 is 0 Å². The highest BCUT2D eigenvalue weighted by Crippen LogP contribution is 2.32. The van der Waals surface area contributed by atoms with Crippen LogP contribution in [0, 0.1) is 11.6 Å². The fourth-order valence-electron chi connectivity index (χ4n) is 1.80. The van der Waals surface area contributed by atoms with Gasteiger partial charge in [-0.05, 0) is 18.2 Å². The van der Waals surface area contributed by atoms with Crippen LogP contribution in [0.2, 0.25) is 5.02 Å². The summed E-state index contributed by atoms with van der Waals surface area (Å²) in [6.07, 6.45) is 0.882. The summed E-state index contributed by atoms with van der Waals surface area (Å²) in [5.41, 5.74) is 0.622. The van der Waals surface area contributed by atoms with Crippen molar-refractivity contribution in [2.45, 2.75) is 19.4 Å². The molecule has 2 nitrogen and oxygen atoms in total. The minimum atomic E-state index is -1.14. The van der Waals surface area contributed by atoms with Crippen molar-refractivity contribution in [2.24, 2.45) is 0 Å². The van der Waals surface area contributed by atoms with Crippen LogP contribution in [-0.4, -0.2) is 5.11 Å². The molecule has 0 aliphatic heterocycles. The van der Waals surface area contributed by atoms with Crippen LogP contribution in [0.3, 0.4) is 0 Å². The predicted molar refractivity (Wildman–Crippen MR) is 63.5 cm³/mol. The molecule has 2 rings (SSSR count). The van der Waals surface area contributed by atoms with E-state index in [4.69, 9.17) is 16.0 Å². The average molecular weight is 273 g/mol. The summed E-state index contributed by atoms with van der Waals surface area (Å²) < 4.78 is 31.3. The summed E-state index contributed by atoms with van der Waals surface area (Å²) in [6.45, 7) is 1.86. The maximum absolute atomic E-state index is 13.2. The molecule has 1 atom stereocenters. The Morgan fingerprint density at radius 1 is 1.28 bits per heavy atom. The number of benzene rings is 1. The summed E-state index contributed by atoms with van der Waals surface area (Å²) in [6, 6.07) is 3.33. The SMILES string of the molecule is CCc1occc1C(O)c1cc(F)c(F)cc1Cl. The molecule has 1 N–H and O–H groups in total. The molecule has 18 heavy (non-hydrogen) atoms. The second-order valence-electron chi connectivity index (χ2n) is 3.84. The van der Waals surface area contributed by atoms with E-state index in [1.54, 1.807) is 6.07 Å². The third-order valence-electron chi connectivity index (χ3n) is 2.73. The third-order valence-corrected chi connectivity index (χ3v) is 3.06. The molecule has 0 radical (unpaired) electrons. The Bertz CT molecular complexity index is 566. The first-order valence-electron chi connectivity index (χ1n) is 5.43. The molecular formula is C13H11ClF2O2. The first kappa shape index (κ1) is 13.1. The van der Waals surface area contributed by atoms with Gasteiger partial charge in [0.05, 0.1) is 6.26 Å². The van der Waals surface area contributed by atoms with Crippen LogP contribution in [0.4, 0.5) is 8.78 Å². The number of halogens is 3. The Labute approximate surface area is 108 Å². The van der Waals surface area contributed by atoms with Crippen LogP contribution >= 0.6 is 11.6 Å². The fourth-order valence-corrected chi connectivity index (χ4v) is 2.05. The van der Waals surface area contributed by atoms with Crippen LogP contribution in [0.25, 0.3) is 0 Å². The highest BCUT2D eigenvalue weighted by Gasteiger charge is 2.20. The van der Waals surface area contributed by atoms with Crippen LogP contribution in [0.1, 0.15) is 29.9 Å². The van der Waals surface area contributed by atoms with Gasteiger partial charge in [-0.15, -0.1) is 0 Å². The summed E-state index contributed by atoms with van der Waals surface area (Å²) in [7, 11) is 0. The van der Waals surface area contributed by atoms with Crippen molar-refractivity contribution in [3.05, 3.63) is 58.0 Å². The lowest BCUT2D eigenvalue weighted by Crippen LogP contribution is -2.03. The largest absolute Gasteiger partial charge is 0.469 e. The molecule has 0 bridgehead atoms. The monoisotopic (exact) mass is 272 g/mol. The fraction of sp³-hybridized carbons (Fsp3) is 0.231. The standard InChI is InChI=1S/C13H11ClF2O2/c1-2-12-7(3-4-18-12)13(17)8-5-10(15)11(16)6-9(8)14/h3-6,13,17H,2H2,1H3. The first-order chi connectivity index (χ1) is 8.54. The molecule has 0 spiro atoms. The number of aliphatic hydroxyl groups excluding tert-OH is 1. The lowest BCUT2D eigenvalue weighted by Gasteiger charge is -2.13. The average Bonchev–Trinajstić information content (AvgIpc) is 2.81. The number of rotatable bonds is 3. The van der Waals surface area contributed by atoms with Crippen LogP contribution in [0.5, 0.6) is 0 Å². The van der Waals surface area contributed by atoms with Crippen molar-refractivity contribution >= 4 is 11.6 Å². The summed E-state index contributed by atoms with van der Waals surface area (Å²) in [5, 5.41) is 10.1. The van der Waals surface area contributed by atoms with E-state index in [-0.39, 0.29) is 10.6 Å². The normalized spacial score (nSPS) is 12.7. The summed E-state index contributed by atoms with van der Waals surface area (Å²) in [5.74, 6) is -1.50. The number of furan rings is 1. The van der Waals surface area contributed by atoms with E-state index < -0.39 is 17.7 Å². The van der Waals surface area contributed by atoms with Crippen molar-refractivity contribution in [1.82, 2.24) is 0 Å². The van der Waals surface area contributed by atoms with Crippen molar-refractivity contribution in [3.8, 4) is 0 Å². The molecule has 0 aliphatic carbocycles. The van der Waals surface area contributed by atoms with Gasteiger partial charge < -0.3 is 9.52 Å². The van der Waals surface area contributed by atoms with Gasteiger partial charge in [0.2, 0.25) is 0 Å². The van der Waals surface area contributed by atoms with E-state index in [2.05, 4.69) is 0 Å². The smallest absolute Gasteiger partial charge is 0.160 e. The molecule has 1 heterocycles. The maximum atomic E-state index is 13.2. The van der Waals surface area contributed by atoms with Gasteiger partial charge >= 0.3 is 0 Å². The zero-order valence-electron chi connectivity index (χ0n) is 9.58. The van der Waals surface area contributed by atoms with E-state index in [0.29, 0.717) is 17.7 Å². The van der Waals surface area contributed by atoms with E-state index in [9.17, 15) is 13.9 Å². The quantitative estimate of drug-likeness (QED) is 0.861. The number of hydrogen-bond acceptors (Lipinski definition) is 2. The molecule has 0 fully saturated rings. The molecule has 5 heteroatoms. The minimum Gasteiger partial charge on any atom is -0.469 e. The van der Waals surface area contributed by atoms with Gasteiger partial charge in [-0.2, -0.15) is 0 Å². The maximum Gasteiger partial charge on any atom is 0.160 e.